The largest absolute Gasteiger partial charge is 0.411 e. The highest BCUT2D eigenvalue weighted by Gasteiger charge is 2.21. The molecule has 1 N–H and O–H groups in total. The summed E-state index contributed by atoms with van der Waals surface area (Å²) in [5.74, 6) is -0.260. The third kappa shape index (κ3) is 2.53. The Labute approximate surface area is 71.2 Å². The SMILES string of the molecule is O=C(OC=NO)C1CCCCC1. The van der Waals surface area contributed by atoms with Gasteiger partial charge in [-0.3, -0.25) is 4.79 Å². The van der Waals surface area contributed by atoms with E-state index in [0.717, 1.165) is 32.1 Å². The number of ether oxygens (including phenoxy) is 1. The highest BCUT2D eigenvalue weighted by atomic mass is 16.6. The minimum absolute atomic E-state index is 0.0109. The quantitative estimate of drug-likeness (QED) is 0.225. The fourth-order valence-electron chi connectivity index (χ4n) is 1.51. The number of rotatable bonds is 2. The normalized spacial score (nSPS) is 19.7. The van der Waals surface area contributed by atoms with E-state index in [9.17, 15) is 4.79 Å². The van der Waals surface area contributed by atoms with Crippen molar-refractivity contribution in [2.75, 3.05) is 0 Å². The van der Waals surface area contributed by atoms with Crippen molar-refractivity contribution in [1.29, 1.82) is 0 Å². The lowest BCUT2D eigenvalue weighted by atomic mass is 9.89. The van der Waals surface area contributed by atoms with Gasteiger partial charge in [0.05, 0.1) is 5.92 Å². The van der Waals surface area contributed by atoms with E-state index in [4.69, 9.17) is 5.21 Å². The lowest BCUT2D eigenvalue weighted by Gasteiger charge is -2.18. The summed E-state index contributed by atoms with van der Waals surface area (Å²) in [5.41, 5.74) is 0. The Morgan fingerprint density at radius 2 is 2.08 bits per heavy atom. The number of carbonyl (C=O) groups is 1. The van der Waals surface area contributed by atoms with Crippen LogP contribution < -0.4 is 0 Å². The third-order valence-corrected chi connectivity index (χ3v) is 2.15. The molecule has 0 unspecified atom stereocenters. The van der Waals surface area contributed by atoms with Gasteiger partial charge in [-0.15, -0.1) is 0 Å². The standard InChI is InChI=1S/C8H13NO3/c10-8(12-6-9-11)7-4-2-1-3-5-7/h6-7,11H,1-5H2. The van der Waals surface area contributed by atoms with Gasteiger partial charge in [0.2, 0.25) is 6.40 Å². The molecule has 1 rings (SSSR count). The van der Waals surface area contributed by atoms with Crippen molar-refractivity contribution in [2.24, 2.45) is 11.1 Å². The molecule has 0 aliphatic heterocycles. The zero-order chi connectivity index (χ0) is 8.81. The first-order valence-electron chi connectivity index (χ1n) is 4.21. The van der Waals surface area contributed by atoms with Gasteiger partial charge in [0.1, 0.15) is 0 Å². The number of carbonyl (C=O) groups excluding carboxylic acids is 1. The monoisotopic (exact) mass is 171 g/mol. The summed E-state index contributed by atoms with van der Waals surface area (Å²) in [5, 5.41) is 10.6. The summed E-state index contributed by atoms with van der Waals surface area (Å²) in [7, 11) is 0. The second-order valence-electron chi connectivity index (χ2n) is 2.99. The van der Waals surface area contributed by atoms with Gasteiger partial charge in [0.15, 0.2) is 0 Å². The van der Waals surface area contributed by atoms with Gasteiger partial charge in [-0.1, -0.05) is 24.4 Å². The smallest absolute Gasteiger partial charge is 0.315 e. The van der Waals surface area contributed by atoms with Gasteiger partial charge in [-0.2, -0.15) is 0 Å². The number of esters is 1. The molecule has 12 heavy (non-hydrogen) atoms. The fraction of sp³-hybridized carbons (Fsp3) is 0.750. The minimum atomic E-state index is -0.271. The second-order valence-corrected chi connectivity index (χ2v) is 2.99. The molecular weight excluding hydrogens is 158 g/mol. The molecule has 1 aliphatic carbocycles. The first kappa shape index (κ1) is 9.03. The molecule has 0 spiro atoms. The zero-order valence-electron chi connectivity index (χ0n) is 6.90. The van der Waals surface area contributed by atoms with Crippen LogP contribution in [0.5, 0.6) is 0 Å². The van der Waals surface area contributed by atoms with Gasteiger partial charge in [0, 0.05) is 0 Å². The molecule has 1 aliphatic rings. The second kappa shape index (κ2) is 4.74. The molecule has 0 heterocycles. The molecule has 4 nitrogen and oxygen atoms in total. The molecule has 1 saturated carbocycles. The predicted octanol–water partition coefficient (Wildman–Crippen LogP) is 1.53. The van der Waals surface area contributed by atoms with Crippen LogP contribution in [0.3, 0.4) is 0 Å². The average molecular weight is 171 g/mol. The molecule has 0 saturated heterocycles. The Kier molecular flexibility index (Phi) is 3.57. The number of hydrogen-bond acceptors (Lipinski definition) is 4. The number of hydrogen-bond donors (Lipinski definition) is 1. The minimum Gasteiger partial charge on any atom is -0.411 e. The topological polar surface area (TPSA) is 58.9 Å². The summed E-state index contributed by atoms with van der Waals surface area (Å²) in [4.78, 5) is 11.1. The summed E-state index contributed by atoms with van der Waals surface area (Å²) < 4.78 is 4.55. The summed E-state index contributed by atoms with van der Waals surface area (Å²) >= 11 is 0. The maximum Gasteiger partial charge on any atom is 0.315 e. The Balaban J connectivity index is 2.29. The van der Waals surface area contributed by atoms with Crippen LogP contribution >= 0.6 is 0 Å². The van der Waals surface area contributed by atoms with Gasteiger partial charge in [0.25, 0.3) is 0 Å². The van der Waals surface area contributed by atoms with E-state index in [-0.39, 0.29) is 11.9 Å². The Morgan fingerprint density at radius 3 is 2.67 bits per heavy atom. The van der Waals surface area contributed by atoms with E-state index in [2.05, 4.69) is 9.89 Å². The van der Waals surface area contributed by atoms with Crippen molar-refractivity contribution in [3.8, 4) is 0 Å². The summed E-state index contributed by atoms with van der Waals surface area (Å²) in [6.07, 6.45) is 5.97. The van der Waals surface area contributed by atoms with Crippen LogP contribution in [0.4, 0.5) is 0 Å². The molecule has 0 radical (unpaired) electrons. The van der Waals surface area contributed by atoms with Crippen molar-refractivity contribution >= 4 is 12.4 Å². The Morgan fingerprint density at radius 1 is 1.42 bits per heavy atom. The number of oxime groups is 1. The van der Waals surface area contributed by atoms with Gasteiger partial charge < -0.3 is 9.94 Å². The average Bonchev–Trinajstić information content (AvgIpc) is 2.15. The van der Waals surface area contributed by atoms with Crippen molar-refractivity contribution in [2.45, 2.75) is 32.1 Å². The molecule has 68 valence electrons. The lowest BCUT2D eigenvalue weighted by molar-refractivity contribution is -0.140. The van der Waals surface area contributed by atoms with Crippen molar-refractivity contribution in [3.05, 3.63) is 0 Å². The van der Waals surface area contributed by atoms with Crippen LogP contribution in [0.2, 0.25) is 0 Å². The maximum atomic E-state index is 11.1. The summed E-state index contributed by atoms with van der Waals surface area (Å²) in [6, 6.07) is 0. The molecule has 4 heteroatoms. The van der Waals surface area contributed by atoms with Crippen LogP contribution in [0, 0.1) is 5.92 Å². The maximum absolute atomic E-state index is 11.1. The molecule has 0 aromatic heterocycles. The summed E-state index contributed by atoms with van der Waals surface area (Å²) in [6.45, 7) is 0. The van der Waals surface area contributed by atoms with Crippen molar-refractivity contribution < 1.29 is 14.7 Å². The molecular formula is C8H13NO3. The van der Waals surface area contributed by atoms with E-state index in [1.54, 1.807) is 0 Å². The van der Waals surface area contributed by atoms with Crippen LogP contribution in [0.25, 0.3) is 0 Å². The van der Waals surface area contributed by atoms with Gasteiger partial charge in [-0.05, 0) is 12.8 Å². The first-order chi connectivity index (χ1) is 5.84. The zero-order valence-corrected chi connectivity index (χ0v) is 6.90. The van der Waals surface area contributed by atoms with E-state index in [0.29, 0.717) is 0 Å². The highest BCUT2D eigenvalue weighted by molar-refractivity contribution is 5.79. The van der Waals surface area contributed by atoms with E-state index >= 15 is 0 Å². The fourth-order valence-corrected chi connectivity index (χ4v) is 1.51. The Hall–Kier alpha value is -1.06. The highest BCUT2D eigenvalue weighted by Crippen LogP contribution is 2.24. The van der Waals surface area contributed by atoms with E-state index < -0.39 is 0 Å². The lowest BCUT2D eigenvalue weighted by Crippen LogP contribution is -2.19. The molecule has 0 atom stereocenters. The van der Waals surface area contributed by atoms with Crippen LogP contribution in [-0.2, 0) is 9.53 Å². The van der Waals surface area contributed by atoms with Crippen molar-refractivity contribution in [3.63, 3.8) is 0 Å². The van der Waals surface area contributed by atoms with Gasteiger partial charge >= 0.3 is 5.97 Å². The molecule has 0 bridgehead atoms. The van der Waals surface area contributed by atoms with Crippen molar-refractivity contribution in [1.82, 2.24) is 0 Å². The van der Waals surface area contributed by atoms with Crippen LogP contribution in [0.1, 0.15) is 32.1 Å². The van der Waals surface area contributed by atoms with E-state index in [1.165, 1.54) is 6.42 Å². The first-order valence-corrected chi connectivity index (χ1v) is 4.21. The van der Waals surface area contributed by atoms with Crippen LogP contribution in [-0.4, -0.2) is 17.6 Å². The molecule has 0 amide bonds. The third-order valence-electron chi connectivity index (χ3n) is 2.15. The van der Waals surface area contributed by atoms with E-state index in [1.807, 2.05) is 0 Å². The number of nitrogens with zero attached hydrogens (tertiary/aromatic N) is 1. The van der Waals surface area contributed by atoms with Crippen LogP contribution in [0.15, 0.2) is 5.16 Å². The molecule has 1 fully saturated rings. The predicted molar refractivity (Wildman–Crippen MR) is 42.9 cm³/mol. The molecule has 0 aromatic rings. The Bertz CT molecular complexity index is 173. The molecule has 0 aromatic carbocycles. The van der Waals surface area contributed by atoms with Gasteiger partial charge in [-0.25, -0.2) is 0 Å².